The molecule has 0 saturated heterocycles. The molecule has 0 amide bonds. The highest BCUT2D eigenvalue weighted by molar-refractivity contribution is 6.10. The first kappa shape index (κ1) is 12.0. The largest absolute Gasteiger partial charge is 0.495 e. The van der Waals surface area contributed by atoms with Crippen molar-refractivity contribution in [3.8, 4) is 11.5 Å². The topological polar surface area (TPSA) is 61.3 Å². The molecule has 18 heavy (non-hydrogen) atoms. The minimum Gasteiger partial charge on any atom is -0.495 e. The molecule has 5 heteroatoms. The fourth-order valence-electron chi connectivity index (χ4n) is 1.54. The van der Waals surface area contributed by atoms with Crippen molar-refractivity contribution in [1.29, 1.82) is 0 Å². The van der Waals surface area contributed by atoms with Gasteiger partial charge in [-0.2, -0.15) is 0 Å². The number of ketones is 1. The van der Waals surface area contributed by atoms with E-state index in [9.17, 15) is 4.79 Å². The second kappa shape index (κ2) is 5.27. The molecule has 0 fully saturated rings. The number of carbonyl (C=O) groups excluding carboxylic acids is 1. The summed E-state index contributed by atoms with van der Waals surface area (Å²) in [6.45, 7) is 0. The molecule has 0 saturated carbocycles. The van der Waals surface area contributed by atoms with Crippen LogP contribution in [0.5, 0.6) is 11.5 Å². The Bertz CT molecular complexity index is 570. The maximum atomic E-state index is 12.3. The van der Waals surface area contributed by atoms with Crippen molar-refractivity contribution in [2.45, 2.75) is 0 Å². The van der Waals surface area contributed by atoms with Gasteiger partial charge in [0.15, 0.2) is 5.78 Å². The predicted molar refractivity (Wildman–Crippen MR) is 65.0 cm³/mol. The van der Waals surface area contributed by atoms with Crippen LogP contribution in [0, 0.1) is 0 Å². The van der Waals surface area contributed by atoms with Crippen molar-refractivity contribution in [3.63, 3.8) is 0 Å². The highest BCUT2D eigenvalue weighted by Gasteiger charge is 2.15. The number of pyridine rings is 2. The van der Waals surface area contributed by atoms with Crippen molar-refractivity contribution in [1.82, 2.24) is 9.97 Å². The standard InChI is InChI=1S/C13H12N2O3/c1-17-10-5-9(6-15-7-10)13(16)11-3-4-14-8-12(11)18-2/h3-8H,1-2H3. The Hall–Kier alpha value is -2.43. The first-order chi connectivity index (χ1) is 8.76. The van der Waals surface area contributed by atoms with Crippen molar-refractivity contribution < 1.29 is 14.3 Å². The SMILES string of the molecule is COc1cncc(C(=O)c2ccncc2OC)c1. The second-order valence-corrected chi connectivity index (χ2v) is 3.52. The molecule has 0 radical (unpaired) electrons. The molecule has 0 bridgehead atoms. The predicted octanol–water partition coefficient (Wildman–Crippen LogP) is 1.72. The number of hydrogen-bond acceptors (Lipinski definition) is 5. The average molecular weight is 244 g/mol. The van der Waals surface area contributed by atoms with E-state index in [0.717, 1.165) is 0 Å². The van der Waals surface area contributed by atoms with E-state index in [1.165, 1.54) is 26.6 Å². The van der Waals surface area contributed by atoms with E-state index in [2.05, 4.69) is 9.97 Å². The summed E-state index contributed by atoms with van der Waals surface area (Å²) in [4.78, 5) is 20.2. The molecular weight excluding hydrogens is 232 g/mol. The van der Waals surface area contributed by atoms with E-state index >= 15 is 0 Å². The number of aromatic nitrogens is 2. The third-order valence-corrected chi connectivity index (χ3v) is 2.46. The Balaban J connectivity index is 2.41. The molecule has 0 unspecified atom stereocenters. The Labute approximate surface area is 104 Å². The van der Waals surface area contributed by atoms with Crippen molar-refractivity contribution in [2.24, 2.45) is 0 Å². The summed E-state index contributed by atoms with van der Waals surface area (Å²) in [6, 6.07) is 3.25. The van der Waals surface area contributed by atoms with Crippen LogP contribution in [0.1, 0.15) is 15.9 Å². The van der Waals surface area contributed by atoms with Gasteiger partial charge in [0.05, 0.1) is 32.2 Å². The molecule has 92 valence electrons. The van der Waals surface area contributed by atoms with Crippen LogP contribution in [-0.2, 0) is 0 Å². The van der Waals surface area contributed by atoms with Gasteiger partial charge < -0.3 is 9.47 Å². The summed E-state index contributed by atoms with van der Waals surface area (Å²) < 4.78 is 10.1. The summed E-state index contributed by atoms with van der Waals surface area (Å²) in [6.07, 6.45) is 6.08. The number of ether oxygens (including phenoxy) is 2. The third kappa shape index (κ3) is 2.29. The summed E-state index contributed by atoms with van der Waals surface area (Å²) in [5.41, 5.74) is 0.890. The van der Waals surface area contributed by atoms with Crippen LogP contribution in [-0.4, -0.2) is 30.0 Å². The molecule has 0 aliphatic rings. The van der Waals surface area contributed by atoms with Crippen LogP contribution >= 0.6 is 0 Å². The molecule has 0 N–H and O–H groups in total. The van der Waals surface area contributed by atoms with Gasteiger partial charge >= 0.3 is 0 Å². The maximum absolute atomic E-state index is 12.3. The third-order valence-electron chi connectivity index (χ3n) is 2.46. The first-order valence-corrected chi connectivity index (χ1v) is 5.28. The fourth-order valence-corrected chi connectivity index (χ4v) is 1.54. The zero-order valence-corrected chi connectivity index (χ0v) is 10.1. The van der Waals surface area contributed by atoms with Crippen LogP contribution in [0.25, 0.3) is 0 Å². The lowest BCUT2D eigenvalue weighted by Gasteiger charge is -2.07. The Morgan fingerprint density at radius 2 is 1.94 bits per heavy atom. The summed E-state index contributed by atoms with van der Waals surface area (Å²) >= 11 is 0. The lowest BCUT2D eigenvalue weighted by molar-refractivity contribution is 0.103. The summed E-state index contributed by atoms with van der Waals surface area (Å²) in [7, 11) is 3.02. The average Bonchev–Trinajstić information content (AvgIpc) is 2.46. The Morgan fingerprint density at radius 1 is 1.11 bits per heavy atom. The second-order valence-electron chi connectivity index (χ2n) is 3.52. The molecular formula is C13H12N2O3. The zero-order valence-electron chi connectivity index (χ0n) is 10.1. The van der Waals surface area contributed by atoms with E-state index in [0.29, 0.717) is 22.6 Å². The van der Waals surface area contributed by atoms with Gasteiger partial charge in [-0.1, -0.05) is 0 Å². The maximum Gasteiger partial charge on any atom is 0.198 e. The van der Waals surface area contributed by atoms with E-state index in [-0.39, 0.29) is 5.78 Å². The fraction of sp³-hybridized carbons (Fsp3) is 0.154. The molecule has 0 aliphatic heterocycles. The van der Waals surface area contributed by atoms with Crippen molar-refractivity contribution in [3.05, 3.63) is 48.0 Å². The lowest BCUT2D eigenvalue weighted by atomic mass is 10.1. The smallest absolute Gasteiger partial charge is 0.198 e. The Morgan fingerprint density at radius 3 is 2.67 bits per heavy atom. The van der Waals surface area contributed by atoms with Gasteiger partial charge in [0.2, 0.25) is 0 Å². The highest BCUT2D eigenvalue weighted by atomic mass is 16.5. The van der Waals surface area contributed by atoms with E-state index in [4.69, 9.17) is 9.47 Å². The van der Waals surface area contributed by atoms with Crippen LogP contribution in [0.15, 0.2) is 36.9 Å². The molecule has 0 atom stereocenters. The van der Waals surface area contributed by atoms with Gasteiger partial charge in [0.1, 0.15) is 11.5 Å². The number of nitrogens with zero attached hydrogens (tertiary/aromatic N) is 2. The van der Waals surface area contributed by atoms with Gasteiger partial charge in [-0.3, -0.25) is 14.8 Å². The number of rotatable bonds is 4. The molecule has 0 spiro atoms. The quantitative estimate of drug-likeness (QED) is 0.766. The van der Waals surface area contributed by atoms with E-state index in [1.807, 2.05) is 0 Å². The normalized spacial score (nSPS) is 9.89. The number of carbonyl (C=O) groups is 1. The highest BCUT2D eigenvalue weighted by Crippen LogP contribution is 2.21. The minimum atomic E-state index is -0.180. The van der Waals surface area contributed by atoms with Gasteiger partial charge in [-0.25, -0.2) is 0 Å². The van der Waals surface area contributed by atoms with Crippen LogP contribution in [0.2, 0.25) is 0 Å². The Kier molecular flexibility index (Phi) is 3.52. The molecule has 0 aromatic carbocycles. The molecule has 2 heterocycles. The molecule has 5 nitrogen and oxygen atoms in total. The van der Waals surface area contributed by atoms with E-state index < -0.39 is 0 Å². The van der Waals surface area contributed by atoms with Crippen LogP contribution < -0.4 is 9.47 Å². The minimum absolute atomic E-state index is 0.180. The molecule has 2 rings (SSSR count). The van der Waals surface area contributed by atoms with Crippen LogP contribution in [0.4, 0.5) is 0 Å². The van der Waals surface area contributed by atoms with Crippen LogP contribution in [0.3, 0.4) is 0 Å². The summed E-state index contributed by atoms with van der Waals surface area (Å²) in [5.74, 6) is 0.792. The monoisotopic (exact) mass is 244 g/mol. The first-order valence-electron chi connectivity index (χ1n) is 5.28. The number of methoxy groups -OCH3 is 2. The van der Waals surface area contributed by atoms with Crippen molar-refractivity contribution in [2.75, 3.05) is 14.2 Å². The molecule has 2 aromatic rings. The molecule has 0 aliphatic carbocycles. The zero-order chi connectivity index (χ0) is 13.0. The lowest BCUT2D eigenvalue weighted by Crippen LogP contribution is -2.05. The van der Waals surface area contributed by atoms with Gasteiger partial charge in [0, 0.05) is 18.0 Å². The molecule has 2 aromatic heterocycles. The van der Waals surface area contributed by atoms with Crippen molar-refractivity contribution >= 4 is 5.78 Å². The van der Waals surface area contributed by atoms with Gasteiger partial charge in [-0.05, 0) is 12.1 Å². The summed E-state index contributed by atoms with van der Waals surface area (Å²) in [5, 5.41) is 0. The van der Waals surface area contributed by atoms with Gasteiger partial charge in [-0.15, -0.1) is 0 Å². The van der Waals surface area contributed by atoms with Gasteiger partial charge in [0.25, 0.3) is 0 Å². The van der Waals surface area contributed by atoms with E-state index in [1.54, 1.807) is 24.5 Å². The number of hydrogen-bond donors (Lipinski definition) is 0.